The predicted octanol–water partition coefficient (Wildman–Crippen LogP) is 2.99. The molecule has 6 heteroatoms. The minimum Gasteiger partial charge on any atom is -0.382 e. The number of nitrogens with one attached hydrogen (secondary N) is 1. The van der Waals surface area contributed by atoms with Crippen molar-refractivity contribution in [2.75, 3.05) is 23.0 Å². The Kier molecular flexibility index (Phi) is 6.44. The molecule has 1 unspecified atom stereocenters. The zero-order chi connectivity index (χ0) is 18.4. The lowest BCUT2D eigenvalue weighted by molar-refractivity contribution is 0.610. The molecule has 0 bridgehead atoms. The summed E-state index contributed by atoms with van der Waals surface area (Å²) in [4.78, 5) is 19.1. The Balaban J connectivity index is 2.29. The Hall–Kier alpha value is -2.50. The van der Waals surface area contributed by atoms with Crippen molar-refractivity contribution in [3.8, 4) is 0 Å². The summed E-state index contributed by atoms with van der Waals surface area (Å²) in [6.45, 7) is 4.87. The van der Waals surface area contributed by atoms with Crippen LogP contribution >= 0.6 is 0 Å². The fraction of sp³-hybridized carbons (Fsp3) is 0.474. The molecule has 0 saturated carbocycles. The molecule has 1 atom stereocenters. The number of nitrogens with two attached hydrogens (primary N) is 1. The molecule has 25 heavy (non-hydrogen) atoms. The molecule has 136 valence electrons. The molecule has 1 aromatic carbocycles. The van der Waals surface area contributed by atoms with Gasteiger partial charge in [0.15, 0.2) is 5.82 Å². The maximum Gasteiger partial charge on any atom is 0.280 e. The Morgan fingerprint density at radius 2 is 1.96 bits per heavy atom. The number of anilines is 3. The van der Waals surface area contributed by atoms with Crippen molar-refractivity contribution in [1.29, 1.82) is 0 Å². The van der Waals surface area contributed by atoms with Gasteiger partial charge in [-0.25, -0.2) is 0 Å². The Bertz CT molecular complexity index is 741. The van der Waals surface area contributed by atoms with Crippen LogP contribution in [0.3, 0.4) is 0 Å². The minimum atomic E-state index is -0.139. The quantitative estimate of drug-likeness (QED) is 0.770. The molecule has 0 fully saturated rings. The first-order valence-corrected chi connectivity index (χ1v) is 8.86. The molecule has 1 heterocycles. The van der Waals surface area contributed by atoms with Gasteiger partial charge in [-0.3, -0.25) is 9.36 Å². The first-order chi connectivity index (χ1) is 12.0. The van der Waals surface area contributed by atoms with Gasteiger partial charge in [-0.2, -0.15) is 4.98 Å². The van der Waals surface area contributed by atoms with E-state index in [2.05, 4.69) is 24.1 Å². The van der Waals surface area contributed by atoms with Crippen LogP contribution in [0.5, 0.6) is 0 Å². The third kappa shape index (κ3) is 4.53. The molecule has 0 aliphatic carbocycles. The number of rotatable bonds is 8. The average molecular weight is 343 g/mol. The summed E-state index contributed by atoms with van der Waals surface area (Å²) in [6, 6.07) is 10.3. The van der Waals surface area contributed by atoms with Crippen molar-refractivity contribution in [1.82, 2.24) is 9.55 Å². The van der Waals surface area contributed by atoms with Crippen molar-refractivity contribution in [3.05, 3.63) is 46.2 Å². The number of nitrogen functional groups attached to an aromatic ring is 1. The highest BCUT2D eigenvalue weighted by atomic mass is 16.1. The molecular weight excluding hydrogens is 314 g/mol. The molecule has 0 spiro atoms. The van der Waals surface area contributed by atoms with Gasteiger partial charge in [0, 0.05) is 26.7 Å². The van der Waals surface area contributed by atoms with Crippen molar-refractivity contribution >= 4 is 17.5 Å². The Morgan fingerprint density at radius 3 is 2.56 bits per heavy atom. The average Bonchev–Trinajstić information content (AvgIpc) is 2.59. The number of nitrogens with zero attached hydrogens (tertiary/aromatic N) is 3. The van der Waals surface area contributed by atoms with Crippen molar-refractivity contribution in [2.45, 2.75) is 45.7 Å². The van der Waals surface area contributed by atoms with E-state index in [1.807, 2.05) is 42.3 Å². The smallest absolute Gasteiger partial charge is 0.280 e. The summed E-state index contributed by atoms with van der Waals surface area (Å²) >= 11 is 0. The third-order valence-electron chi connectivity index (χ3n) is 4.40. The summed E-state index contributed by atoms with van der Waals surface area (Å²) in [7, 11) is 3.59. The van der Waals surface area contributed by atoms with E-state index in [9.17, 15) is 4.79 Å². The fourth-order valence-electron chi connectivity index (χ4n) is 2.94. The molecular formula is C19H29N5O. The molecule has 0 radical (unpaired) electrons. The van der Waals surface area contributed by atoms with Gasteiger partial charge in [-0.05, 0) is 18.4 Å². The van der Waals surface area contributed by atoms with E-state index in [4.69, 9.17) is 5.73 Å². The van der Waals surface area contributed by atoms with Gasteiger partial charge >= 0.3 is 0 Å². The molecule has 0 amide bonds. The lowest BCUT2D eigenvalue weighted by Gasteiger charge is -2.23. The molecule has 0 aliphatic rings. The van der Waals surface area contributed by atoms with E-state index >= 15 is 0 Å². The van der Waals surface area contributed by atoms with Gasteiger partial charge in [0.1, 0.15) is 5.69 Å². The first kappa shape index (κ1) is 18.8. The molecule has 2 rings (SSSR count). The summed E-state index contributed by atoms with van der Waals surface area (Å²) in [5, 5.41) is 3.35. The van der Waals surface area contributed by atoms with Crippen LogP contribution in [-0.2, 0) is 13.6 Å². The summed E-state index contributed by atoms with van der Waals surface area (Å²) in [6.07, 6.45) is 3.08. The number of benzene rings is 1. The lowest BCUT2D eigenvalue weighted by Crippen LogP contribution is -2.33. The van der Waals surface area contributed by atoms with Crippen LogP contribution < -0.4 is 21.5 Å². The SMILES string of the molecule is CCCC(CC)Nc1nc(N)c(N(C)Cc2ccccc2)c(=O)n1C. The predicted molar refractivity (Wildman–Crippen MR) is 105 cm³/mol. The van der Waals surface area contributed by atoms with Gasteiger partial charge in [0.05, 0.1) is 0 Å². The summed E-state index contributed by atoms with van der Waals surface area (Å²) in [5.74, 6) is 0.787. The van der Waals surface area contributed by atoms with Crippen LogP contribution in [-0.4, -0.2) is 22.6 Å². The molecule has 0 saturated heterocycles. The van der Waals surface area contributed by atoms with Crippen LogP contribution in [0.2, 0.25) is 0 Å². The first-order valence-electron chi connectivity index (χ1n) is 8.86. The Labute approximate surface area is 149 Å². The van der Waals surface area contributed by atoms with Crippen LogP contribution in [0, 0.1) is 0 Å². The van der Waals surface area contributed by atoms with Crippen molar-refractivity contribution in [2.24, 2.45) is 7.05 Å². The summed E-state index contributed by atoms with van der Waals surface area (Å²) < 4.78 is 1.55. The van der Waals surface area contributed by atoms with Crippen LogP contribution in [0.15, 0.2) is 35.1 Å². The van der Waals surface area contributed by atoms with E-state index in [0.29, 0.717) is 18.2 Å². The second kappa shape index (κ2) is 8.55. The lowest BCUT2D eigenvalue weighted by atomic mass is 10.1. The van der Waals surface area contributed by atoms with E-state index < -0.39 is 0 Å². The molecule has 6 nitrogen and oxygen atoms in total. The highest BCUT2D eigenvalue weighted by Gasteiger charge is 2.18. The molecule has 0 aliphatic heterocycles. The number of hydrogen-bond donors (Lipinski definition) is 2. The fourth-order valence-corrected chi connectivity index (χ4v) is 2.94. The maximum atomic E-state index is 12.8. The van der Waals surface area contributed by atoms with Crippen LogP contribution in [0.4, 0.5) is 17.5 Å². The minimum absolute atomic E-state index is 0.139. The van der Waals surface area contributed by atoms with Crippen LogP contribution in [0.25, 0.3) is 0 Å². The monoisotopic (exact) mass is 343 g/mol. The normalized spacial score (nSPS) is 12.0. The second-order valence-electron chi connectivity index (χ2n) is 6.41. The van der Waals surface area contributed by atoms with Gasteiger partial charge in [0.2, 0.25) is 5.95 Å². The molecule has 3 N–H and O–H groups in total. The van der Waals surface area contributed by atoms with Gasteiger partial charge in [0.25, 0.3) is 5.56 Å². The third-order valence-corrected chi connectivity index (χ3v) is 4.40. The Morgan fingerprint density at radius 1 is 1.28 bits per heavy atom. The van der Waals surface area contributed by atoms with Crippen LogP contribution in [0.1, 0.15) is 38.7 Å². The topological polar surface area (TPSA) is 76.2 Å². The van der Waals surface area contributed by atoms with Gasteiger partial charge in [-0.15, -0.1) is 0 Å². The zero-order valence-electron chi connectivity index (χ0n) is 15.6. The van der Waals surface area contributed by atoms with E-state index in [-0.39, 0.29) is 17.4 Å². The van der Waals surface area contributed by atoms with Gasteiger partial charge < -0.3 is 16.0 Å². The zero-order valence-corrected chi connectivity index (χ0v) is 15.6. The number of hydrogen-bond acceptors (Lipinski definition) is 5. The van der Waals surface area contributed by atoms with Crippen molar-refractivity contribution < 1.29 is 0 Å². The van der Waals surface area contributed by atoms with E-state index in [1.54, 1.807) is 11.6 Å². The van der Waals surface area contributed by atoms with E-state index in [0.717, 1.165) is 24.8 Å². The standard InChI is InChI=1S/C19H29N5O/c1-5-10-15(6-2)21-19-22-17(20)16(18(25)24(19)4)23(3)13-14-11-8-7-9-12-14/h7-9,11-12,15H,5-6,10,13,20H2,1-4H3,(H,21,22). The highest BCUT2D eigenvalue weighted by Crippen LogP contribution is 2.20. The largest absolute Gasteiger partial charge is 0.382 e. The number of aromatic nitrogens is 2. The highest BCUT2D eigenvalue weighted by molar-refractivity contribution is 5.64. The van der Waals surface area contributed by atoms with Gasteiger partial charge in [-0.1, -0.05) is 50.6 Å². The molecule has 2 aromatic rings. The maximum absolute atomic E-state index is 12.8. The second-order valence-corrected chi connectivity index (χ2v) is 6.41. The van der Waals surface area contributed by atoms with Crippen molar-refractivity contribution in [3.63, 3.8) is 0 Å². The molecule has 1 aromatic heterocycles. The summed E-state index contributed by atoms with van der Waals surface area (Å²) in [5.41, 5.74) is 7.54. The van der Waals surface area contributed by atoms with E-state index in [1.165, 1.54) is 0 Å².